The number of aromatic nitrogens is 1. The molecule has 0 unspecified atom stereocenters. The van der Waals surface area contributed by atoms with Crippen LogP contribution < -0.4 is 32.6 Å². The van der Waals surface area contributed by atoms with Crippen LogP contribution in [0, 0.1) is 5.41 Å². The van der Waals surface area contributed by atoms with Gasteiger partial charge in [-0.1, -0.05) is 24.3 Å². The molecule has 0 radical (unpaired) electrons. The molecule has 1 saturated heterocycles. The summed E-state index contributed by atoms with van der Waals surface area (Å²) in [5.74, 6) is 2.74. The predicted molar refractivity (Wildman–Crippen MR) is 143 cm³/mol. The first-order valence-corrected chi connectivity index (χ1v) is 11.8. The Morgan fingerprint density at radius 3 is 2.57 bits per heavy atom. The van der Waals surface area contributed by atoms with Gasteiger partial charge in [0.15, 0.2) is 0 Å². The molecule has 182 valence electrons. The zero-order valence-electron chi connectivity index (χ0n) is 19.8. The van der Waals surface area contributed by atoms with Crippen LogP contribution in [0.3, 0.4) is 0 Å². The van der Waals surface area contributed by atoms with Gasteiger partial charge < -0.3 is 38.0 Å². The first-order valence-electron chi connectivity index (χ1n) is 11.8. The fraction of sp³-hybridized carbons (Fsp3) is 0.259. The van der Waals surface area contributed by atoms with Crippen LogP contribution in [0.5, 0.6) is 11.5 Å². The van der Waals surface area contributed by atoms with E-state index in [0.29, 0.717) is 30.4 Å². The molecule has 3 aromatic rings. The molecule has 1 fully saturated rings. The lowest BCUT2D eigenvalue weighted by Crippen LogP contribution is -2.26. The average Bonchev–Trinajstić information content (AvgIpc) is 2.87. The van der Waals surface area contributed by atoms with Gasteiger partial charge in [0, 0.05) is 25.4 Å². The summed E-state index contributed by atoms with van der Waals surface area (Å²) in [6, 6.07) is 18.1. The molecule has 0 spiro atoms. The van der Waals surface area contributed by atoms with E-state index in [1.807, 2.05) is 30.3 Å². The molecule has 0 amide bonds. The zero-order chi connectivity index (χ0) is 24.6. The molecule has 35 heavy (non-hydrogen) atoms. The Labute approximate surface area is 206 Å². The van der Waals surface area contributed by atoms with Crippen molar-refractivity contribution in [2.45, 2.75) is 31.7 Å². The third-order valence-corrected chi connectivity index (χ3v) is 6.17. The van der Waals surface area contributed by atoms with Crippen molar-refractivity contribution in [2.24, 2.45) is 0 Å². The molecule has 8 heteroatoms. The maximum atomic E-state index is 7.74. The molecule has 8 nitrogen and oxygen atoms in total. The number of nitrogens with zero attached hydrogens (tertiary/aromatic N) is 1. The number of nitrogens with one attached hydrogen (secondary N) is 3. The fourth-order valence-electron chi connectivity index (χ4n) is 4.30. The number of nitrogen functional groups attached to an aromatic ring is 3. The van der Waals surface area contributed by atoms with Crippen molar-refractivity contribution >= 4 is 23.5 Å². The molecular formula is C27H33N7O. The lowest BCUT2D eigenvalue weighted by Gasteiger charge is -2.23. The number of piperidine rings is 1. The minimum Gasteiger partial charge on any atom is -0.457 e. The minimum absolute atomic E-state index is 0.204. The Balaban J connectivity index is 1.38. The molecule has 1 aromatic heterocycles. The monoisotopic (exact) mass is 471 g/mol. The molecule has 9 N–H and O–H groups in total. The fourth-order valence-corrected chi connectivity index (χ4v) is 4.30. The van der Waals surface area contributed by atoms with Gasteiger partial charge in [-0.05, 0) is 84.4 Å². The van der Waals surface area contributed by atoms with Gasteiger partial charge >= 0.3 is 0 Å². The molecule has 1 aliphatic rings. The largest absolute Gasteiger partial charge is 0.457 e. The molecule has 2 heterocycles. The second kappa shape index (κ2) is 11.4. The van der Waals surface area contributed by atoms with Gasteiger partial charge in [0.25, 0.3) is 0 Å². The summed E-state index contributed by atoms with van der Waals surface area (Å²) in [5, 5.41) is 14.4. The molecule has 2 aromatic carbocycles. The maximum absolute atomic E-state index is 7.74. The molecule has 0 bridgehead atoms. The average molecular weight is 472 g/mol. The Hall–Kier alpha value is -4.04. The summed E-state index contributed by atoms with van der Waals surface area (Å²) < 4.78 is 6.18. The standard InChI is InChI=1S/C27H33N7O/c28-15-19(11-22-14-25(29)34-27(31)26(22)30)17-33-16-18-3-1-5-23(12-18)35-24-6-2-4-21(13-24)20-7-9-32-10-8-20/h1-6,12-15,17,20,28,32-33H,7-11,16,30H2,(H4,29,31,34)/b19-17-,28-15?. The normalized spacial score (nSPS) is 14.5. The van der Waals surface area contributed by atoms with E-state index in [1.54, 1.807) is 12.3 Å². The van der Waals surface area contributed by atoms with E-state index in [2.05, 4.69) is 33.8 Å². The van der Waals surface area contributed by atoms with Gasteiger partial charge in [-0.15, -0.1) is 0 Å². The van der Waals surface area contributed by atoms with Crippen LogP contribution in [0.25, 0.3) is 0 Å². The Kier molecular flexibility index (Phi) is 7.84. The first-order chi connectivity index (χ1) is 17.0. The molecule has 4 rings (SSSR count). The SMILES string of the molecule is N=C/C(=C\NCc1cccc(Oc2cccc(C3CCNCC3)c2)c1)Cc1cc(N)nc(N)c1N. The van der Waals surface area contributed by atoms with Crippen molar-refractivity contribution < 1.29 is 4.74 Å². The Morgan fingerprint density at radius 2 is 1.80 bits per heavy atom. The summed E-state index contributed by atoms with van der Waals surface area (Å²) in [4.78, 5) is 3.96. The number of ether oxygens (including phenoxy) is 1. The Morgan fingerprint density at radius 1 is 1.06 bits per heavy atom. The lowest BCUT2D eigenvalue weighted by atomic mass is 9.90. The number of hydrogen-bond acceptors (Lipinski definition) is 8. The van der Waals surface area contributed by atoms with E-state index in [1.165, 1.54) is 11.8 Å². The first kappa shape index (κ1) is 24.1. The summed E-state index contributed by atoms with van der Waals surface area (Å²) in [6.07, 6.45) is 5.83. The van der Waals surface area contributed by atoms with Crippen molar-refractivity contribution in [3.05, 3.63) is 83.1 Å². The third kappa shape index (κ3) is 6.51. The second-order valence-electron chi connectivity index (χ2n) is 8.77. The predicted octanol–water partition coefficient (Wildman–Crippen LogP) is 3.95. The lowest BCUT2D eigenvalue weighted by molar-refractivity contribution is 0.454. The number of anilines is 3. The summed E-state index contributed by atoms with van der Waals surface area (Å²) >= 11 is 0. The van der Waals surface area contributed by atoms with Crippen LogP contribution in [-0.2, 0) is 13.0 Å². The van der Waals surface area contributed by atoms with Crippen molar-refractivity contribution in [2.75, 3.05) is 30.3 Å². The van der Waals surface area contributed by atoms with Crippen LogP contribution >= 0.6 is 0 Å². The van der Waals surface area contributed by atoms with Gasteiger partial charge in [0.1, 0.15) is 23.1 Å². The molecule has 1 aliphatic heterocycles. The Bertz CT molecular complexity index is 1200. The highest BCUT2D eigenvalue weighted by Crippen LogP contribution is 2.30. The number of pyridine rings is 1. The van der Waals surface area contributed by atoms with Crippen molar-refractivity contribution in [1.82, 2.24) is 15.6 Å². The van der Waals surface area contributed by atoms with Crippen LogP contribution in [0.4, 0.5) is 17.3 Å². The summed E-state index contributed by atoms with van der Waals surface area (Å²) in [5.41, 5.74) is 21.9. The molecule has 0 atom stereocenters. The van der Waals surface area contributed by atoms with Crippen molar-refractivity contribution in [3.63, 3.8) is 0 Å². The van der Waals surface area contributed by atoms with E-state index >= 15 is 0 Å². The zero-order valence-corrected chi connectivity index (χ0v) is 19.8. The quantitative estimate of drug-likeness (QED) is 0.259. The van der Waals surface area contributed by atoms with Gasteiger partial charge in [0.2, 0.25) is 0 Å². The van der Waals surface area contributed by atoms with Crippen LogP contribution in [-0.4, -0.2) is 24.3 Å². The van der Waals surface area contributed by atoms with Crippen LogP contribution in [0.1, 0.15) is 35.4 Å². The highest BCUT2D eigenvalue weighted by molar-refractivity contribution is 5.78. The van der Waals surface area contributed by atoms with Crippen LogP contribution in [0.15, 0.2) is 66.4 Å². The highest BCUT2D eigenvalue weighted by atomic mass is 16.5. The van der Waals surface area contributed by atoms with Crippen LogP contribution in [0.2, 0.25) is 0 Å². The van der Waals surface area contributed by atoms with Gasteiger partial charge in [-0.3, -0.25) is 0 Å². The maximum Gasteiger partial charge on any atom is 0.149 e. The minimum atomic E-state index is 0.204. The molecule has 0 saturated carbocycles. The van der Waals surface area contributed by atoms with E-state index < -0.39 is 0 Å². The molecule has 0 aliphatic carbocycles. The van der Waals surface area contributed by atoms with Crippen molar-refractivity contribution in [3.8, 4) is 11.5 Å². The number of nitrogens with two attached hydrogens (primary N) is 3. The van der Waals surface area contributed by atoms with E-state index in [9.17, 15) is 0 Å². The summed E-state index contributed by atoms with van der Waals surface area (Å²) in [7, 11) is 0. The van der Waals surface area contributed by atoms with Gasteiger partial charge in [-0.2, -0.15) is 0 Å². The number of hydrogen-bond donors (Lipinski definition) is 6. The smallest absolute Gasteiger partial charge is 0.149 e. The number of benzene rings is 2. The van der Waals surface area contributed by atoms with E-state index in [-0.39, 0.29) is 5.82 Å². The number of rotatable bonds is 9. The van der Waals surface area contributed by atoms with E-state index in [0.717, 1.165) is 54.1 Å². The topological polar surface area (TPSA) is 148 Å². The molecular weight excluding hydrogens is 438 g/mol. The van der Waals surface area contributed by atoms with E-state index in [4.69, 9.17) is 27.3 Å². The van der Waals surface area contributed by atoms with Gasteiger partial charge in [0.05, 0.1) is 5.69 Å². The number of allylic oxidation sites excluding steroid dienone is 1. The third-order valence-electron chi connectivity index (χ3n) is 6.17. The summed E-state index contributed by atoms with van der Waals surface area (Å²) in [6.45, 7) is 2.72. The second-order valence-corrected chi connectivity index (χ2v) is 8.77. The van der Waals surface area contributed by atoms with Gasteiger partial charge in [-0.25, -0.2) is 4.98 Å². The highest BCUT2D eigenvalue weighted by Gasteiger charge is 2.15. The van der Waals surface area contributed by atoms with Crippen molar-refractivity contribution in [1.29, 1.82) is 5.41 Å².